The monoisotopic (exact) mass is 382 g/mol. The van der Waals surface area contributed by atoms with Crippen LogP contribution >= 0.6 is 0 Å². The van der Waals surface area contributed by atoms with Gasteiger partial charge in [-0.25, -0.2) is 4.98 Å². The van der Waals surface area contributed by atoms with Crippen LogP contribution in [-0.2, 0) is 4.79 Å². The molecule has 1 saturated heterocycles. The lowest BCUT2D eigenvalue weighted by atomic mass is 10.0. The van der Waals surface area contributed by atoms with E-state index in [1.54, 1.807) is 24.4 Å². The second kappa shape index (κ2) is 8.73. The van der Waals surface area contributed by atoms with Crippen molar-refractivity contribution in [3.63, 3.8) is 0 Å². The fourth-order valence-electron chi connectivity index (χ4n) is 3.72. The normalized spacial score (nSPS) is 16.5. The number of rotatable bonds is 6. The van der Waals surface area contributed by atoms with E-state index in [0.717, 1.165) is 30.5 Å². The number of amides is 1. The van der Waals surface area contributed by atoms with Crippen molar-refractivity contribution in [3.05, 3.63) is 53.6 Å². The first-order valence-corrected chi connectivity index (χ1v) is 9.48. The van der Waals surface area contributed by atoms with Gasteiger partial charge in [-0.05, 0) is 43.5 Å². The summed E-state index contributed by atoms with van der Waals surface area (Å²) in [5, 5.41) is 0. The first-order valence-electron chi connectivity index (χ1n) is 9.48. The van der Waals surface area contributed by atoms with Crippen molar-refractivity contribution in [1.29, 1.82) is 0 Å². The van der Waals surface area contributed by atoms with E-state index >= 15 is 0 Å². The summed E-state index contributed by atoms with van der Waals surface area (Å²) < 4.78 is 5.20. The number of anilines is 1. The zero-order chi connectivity index (χ0) is 20.1. The van der Waals surface area contributed by atoms with Crippen molar-refractivity contribution in [3.8, 4) is 17.0 Å². The highest BCUT2D eigenvalue weighted by molar-refractivity contribution is 5.87. The SMILES string of the molecule is C=CC(=O)N1CCCC(N(CC)c2cc(-c3ccnc(OC)c3)c[nH]c2=O)C1. The molecule has 0 radical (unpaired) electrons. The second-order valence-electron chi connectivity index (χ2n) is 6.76. The van der Waals surface area contributed by atoms with E-state index in [1.165, 1.54) is 6.08 Å². The molecule has 0 spiro atoms. The van der Waals surface area contributed by atoms with Gasteiger partial charge >= 0.3 is 0 Å². The molecule has 1 atom stereocenters. The number of hydrogen-bond acceptors (Lipinski definition) is 5. The van der Waals surface area contributed by atoms with Crippen molar-refractivity contribution >= 4 is 11.6 Å². The first kappa shape index (κ1) is 19.7. The lowest BCUT2D eigenvalue weighted by Crippen LogP contribution is -2.50. The number of ether oxygens (including phenoxy) is 1. The third-order valence-corrected chi connectivity index (χ3v) is 5.13. The molecule has 1 aliphatic rings. The number of likely N-dealkylation sites (N-methyl/N-ethyl adjacent to an activating group) is 1. The zero-order valence-electron chi connectivity index (χ0n) is 16.4. The molecule has 0 saturated carbocycles. The number of H-pyrrole nitrogens is 1. The van der Waals surface area contributed by atoms with E-state index in [9.17, 15) is 9.59 Å². The van der Waals surface area contributed by atoms with Crippen LogP contribution in [0.4, 0.5) is 5.69 Å². The van der Waals surface area contributed by atoms with Crippen LogP contribution in [0.3, 0.4) is 0 Å². The molecule has 2 aromatic rings. The summed E-state index contributed by atoms with van der Waals surface area (Å²) in [6.45, 7) is 7.60. The predicted octanol–water partition coefficient (Wildman–Crippen LogP) is 2.45. The Morgan fingerprint density at radius 3 is 3.00 bits per heavy atom. The summed E-state index contributed by atoms with van der Waals surface area (Å²) in [5.74, 6) is 0.454. The van der Waals surface area contributed by atoms with E-state index in [2.05, 4.69) is 21.4 Å². The highest BCUT2D eigenvalue weighted by Gasteiger charge is 2.27. The van der Waals surface area contributed by atoms with Gasteiger partial charge in [-0.3, -0.25) is 9.59 Å². The number of methoxy groups -OCH3 is 1. The maximum atomic E-state index is 12.6. The minimum atomic E-state index is -0.140. The highest BCUT2D eigenvalue weighted by atomic mass is 16.5. The third-order valence-electron chi connectivity index (χ3n) is 5.13. The Morgan fingerprint density at radius 1 is 1.46 bits per heavy atom. The lowest BCUT2D eigenvalue weighted by molar-refractivity contribution is -0.127. The van der Waals surface area contributed by atoms with E-state index in [4.69, 9.17) is 4.74 Å². The molecule has 7 nitrogen and oxygen atoms in total. The fraction of sp³-hybridized carbons (Fsp3) is 0.381. The van der Waals surface area contributed by atoms with Gasteiger partial charge in [0.05, 0.1) is 7.11 Å². The van der Waals surface area contributed by atoms with Gasteiger partial charge in [0, 0.05) is 49.7 Å². The van der Waals surface area contributed by atoms with E-state index in [-0.39, 0.29) is 17.5 Å². The number of hydrogen-bond donors (Lipinski definition) is 1. The van der Waals surface area contributed by atoms with E-state index < -0.39 is 0 Å². The molecule has 3 heterocycles. The number of aromatic nitrogens is 2. The van der Waals surface area contributed by atoms with Gasteiger partial charge in [-0.1, -0.05) is 6.58 Å². The number of carbonyl (C=O) groups excluding carboxylic acids is 1. The molecular weight excluding hydrogens is 356 g/mol. The van der Waals surface area contributed by atoms with Crippen LogP contribution in [0.15, 0.2) is 48.0 Å². The molecular formula is C21H26N4O3. The standard InChI is InChI=1S/C21H26N4O3/c1-4-20(26)24-10-6-7-17(14-24)25(5-2)18-11-16(13-23-21(18)27)15-8-9-22-19(12-15)28-3/h4,8-9,11-13,17H,1,5-7,10,14H2,2-3H3,(H,23,27). The number of pyridine rings is 2. The second-order valence-corrected chi connectivity index (χ2v) is 6.76. The van der Waals surface area contributed by atoms with Crippen molar-refractivity contribution in [1.82, 2.24) is 14.9 Å². The number of piperidine rings is 1. The maximum Gasteiger partial charge on any atom is 0.271 e. The number of aromatic amines is 1. The van der Waals surface area contributed by atoms with Gasteiger partial charge in [-0.2, -0.15) is 0 Å². The minimum absolute atomic E-state index is 0.0627. The highest BCUT2D eigenvalue weighted by Crippen LogP contribution is 2.26. The van der Waals surface area contributed by atoms with Crippen LogP contribution in [0.25, 0.3) is 11.1 Å². The molecule has 148 valence electrons. The molecule has 28 heavy (non-hydrogen) atoms. The average Bonchev–Trinajstić information content (AvgIpc) is 2.75. The third kappa shape index (κ3) is 4.08. The van der Waals surface area contributed by atoms with Crippen LogP contribution < -0.4 is 15.2 Å². The van der Waals surface area contributed by atoms with Gasteiger partial charge in [-0.15, -0.1) is 0 Å². The van der Waals surface area contributed by atoms with Gasteiger partial charge in [0.2, 0.25) is 11.8 Å². The number of likely N-dealkylation sites (tertiary alicyclic amines) is 1. The fourth-order valence-corrected chi connectivity index (χ4v) is 3.72. The molecule has 0 bridgehead atoms. The Kier molecular flexibility index (Phi) is 6.13. The smallest absolute Gasteiger partial charge is 0.271 e. The van der Waals surface area contributed by atoms with Gasteiger partial charge < -0.3 is 19.5 Å². The number of nitrogens with one attached hydrogen (secondary N) is 1. The van der Waals surface area contributed by atoms with Crippen LogP contribution in [0, 0.1) is 0 Å². The average molecular weight is 382 g/mol. The molecule has 1 amide bonds. The Balaban J connectivity index is 1.93. The molecule has 1 unspecified atom stereocenters. The summed E-state index contributed by atoms with van der Waals surface area (Å²) in [6.07, 6.45) is 6.56. The Hall–Kier alpha value is -3.09. The Bertz CT molecular complexity index is 909. The molecule has 1 fully saturated rings. The van der Waals surface area contributed by atoms with Crippen molar-refractivity contribution in [2.24, 2.45) is 0 Å². The van der Waals surface area contributed by atoms with Crippen LogP contribution in [0.5, 0.6) is 5.88 Å². The quantitative estimate of drug-likeness (QED) is 0.777. The zero-order valence-corrected chi connectivity index (χ0v) is 16.4. The molecule has 2 aromatic heterocycles. The first-order chi connectivity index (χ1) is 13.6. The minimum Gasteiger partial charge on any atom is -0.481 e. The summed E-state index contributed by atoms with van der Waals surface area (Å²) >= 11 is 0. The van der Waals surface area contributed by atoms with Gasteiger partial charge in [0.15, 0.2) is 0 Å². The molecule has 7 heteroatoms. The largest absolute Gasteiger partial charge is 0.481 e. The summed E-state index contributed by atoms with van der Waals surface area (Å²) in [6, 6.07) is 5.69. The van der Waals surface area contributed by atoms with Crippen molar-refractivity contribution in [2.45, 2.75) is 25.8 Å². The summed E-state index contributed by atoms with van der Waals surface area (Å²) in [7, 11) is 1.57. The molecule has 0 aromatic carbocycles. The Labute approximate surface area is 164 Å². The number of carbonyl (C=O) groups is 1. The summed E-state index contributed by atoms with van der Waals surface area (Å²) in [4.78, 5) is 35.5. The topological polar surface area (TPSA) is 78.5 Å². The van der Waals surface area contributed by atoms with Crippen molar-refractivity contribution in [2.75, 3.05) is 31.6 Å². The number of nitrogens with zero attached hydrogens (tertiary/aromatic N) is 3. The maximum absolute atomic E-state index is 12.6. The van der Waals surface area contributed by atoms with Crippen LogP contribution in [-0.4, -0.2) is 53.6 Å². The lowest BCUT2D eigenvalue weighted by Gasteiger charge is -2.39. The van der Waals surface area contributed by atoms with Crippen LogP contribution in [0.1, 0.15) is 19.8 Å². The van der Waals surface area contributed by atoms with Gasteiger partial charge in [0.1, 0.15) is 5.69 Å². The molecule has 1 aliphatic heterocycles. The summed E-state index contributed by atoms with van der Waals surface area (Å²) in [5.41, 5.74) is 2.25. The molecule has 1 N–H and O–H groups in total. The van der Waals surface area contributed by atoms with E-state index in [1.807, 2.05) is 25.1 Å². The predicted molar refractivity (Wildman–Crippen MR) is 110 cm³/mol. The van der Waals surface area contributed by atoms with Crippen molar-refractivity contribution < 1.29 is 9.53 Å². The van der Waals surface area contributed by atoms with Crippen LogP contribution in [0.2, 0.25) is 0 Å². The van der Waals surface area contributed by atoms with E-state index in [0.29, 0.717) is 24.7 Å². The Morgan fingerprint density at radius 2 is 2.29 bits per heavy atom. The van der Waals surface area contributed by atoms with Gasteiger partial charge in [0.25, 0.3) is 5.56 Å². The molecule has 0 aliphatic carbocycles. The molecule has 3 rings (SSSR count).